The molecule has 0 aliphatic heterocycles. The van der Waals surface area contributed by atoms with Crippen molar-refractivity contribution in [2.24, 2.45) is 0 Å². The molecule has 2 rings (SSSR count). The minimum Gasteiger partial charge on any atom is -0.494 e. The maximum atomic E-state index is 9.48. The Morgan fingerprint density at radius 1 is 1.62 bits per heavy atom. The molecule has 0 saturated heterocycles. The average Bonchev–Trinajstić information content (AvgIpc) is 2.46. The van der Waals surface area contributed by atoms with Crippen LogP contribution in [0.4, 0.5) is 5.82 Å². The summed E-state index contributed by atoms with van der Waals surface area (Å²) in [7, 11) is 0. The number of nitrogens with one attached hydrogen (secondary N) is 2. The topological polar surface area (TPSA) is 60.9 Å². The van der Waals surface area contributed by atoms with Crippen molar-refractivity contribution in [3.63, 3.8) is 0 Å². The van der Waals surface area contributed by atoms with E-state index in [0.717, 1.165) is 23.3 Å². The summed E-state index contributed by atoms with van der Waals surface area (Å²) >= 11 is 0. The van der Waals surface area contributed by atoms with Gasteiger partial charge in [0.05, 0.1) is 5.39 Å². The first-order chi connectivity index (χ1) is 6.33. The fourth-order valence-corrected chi connectivity index (χ4v) is 1.35. The summed E-state index contributed by atoms with van der Waals surface area (Å²) in [6.45, 7) is 2.79. The van der Waals surface area contributed by atoms with Crippen LogP contribution in [0.3, 0.4) is 0 Å². The van der Waals surface area contributed by atoms with E-state index in [2.05, 4.69) is 15.3 Å². The summed E-state index contributed by atoms with van der Waals surface area (Å²) in [5.41, 5.74) is 0.779. The Kier molecular flexibility index (Phi) is 1.81. The van der Waals surface area contributed by atoms with Crippen molar-refractivity contribution in [2.45, 2.75) is 6.92 Å². The summed E-state index contributed by atoms with van der Waals surface area (Å²) in [4.78, 5) is 7.00. The molecule has 0 atom stereocenters. The lowest BCUT2D eigenvalue weighted by molar-refractivity contribution is 0.463. The van der Waals surface area contributed by atoms with E-state index in [4.69, 9.17) is 0 Å². The number of aromatic hydroxyl groups is 1. The van der Waals surface area contributed by atoms with Crippen molar-refractivity contribution in [1.29, 1.82) is 0 Å². The Morgan fingerprint density at radius 3 is 3.23 bits per heavy atom. The van der Waals surface area contributed by atoms with Gasteiger partial charge in [0.2, 0.25) is 0 Å². The molecule has 0 fully saturated rings. The monoisotopic (exact) mass is 177 g/mol. The number of aromatic amines is 1. The Bertz CT molecular complexity index is 422. The summed E-state index contributed by atoms with van der Waals surface area (Å²) in [6, 6.07) is 3.63. The Hall–Kier alpha value is -1.71. The van der Waals surface area contributed by atoms with E-state index in [1.54, 1.807) is 12.3 Å². The van der Waals surface area contributed by atoms with Gasteiger partial charge >= 0.3 is 0 Å². The zero-order valence-electron chi connectivity index (χ0n) is 7.33. The molecule has 4 nitrogen and oxygen atoms in total. The molecule has 2 aromatic heterocycles. The third-order valence-electron chi connectivity index (χ3n) is 1.90. The van der Waals surface area contributed by atoms with Crippen LogP contribution in [0.15, 0.2) is 18.3 Å². The van der Waals surface area contributed by atoms with Gasteiger partial charge in [0.15, 0.2) is 5.88 Å². The fraction of sp³-hybridized carbons (Fsp3) is 0.222. The molecule has 0 aromatic carbocycles. The number of H-pyrrole nitrogens is 1. The minimum atomic E-state index is 0.166. The normalized spacial score (nSPS) is 10.5. The molecule has 0 aliphatic rings. The molecule has 13 heavy (non-hydrogen) atoms. The van der Waals surface area contributed by atoms with Crippen LogP contribution in [-0.2, 0) is 0 Å². The number of fused-ring (bicyclic) bond motifs is 1. The van der Waals surface area contributed by atoms with Gasteiger partial charge in [-0.25, -0.2) is 0 Å². The van der Waals surface area contributed by atoms with Crippen LogP contribution in [0, 0.1) is 0 Å². The van der Waals surface area contributed by atoms with E-state index in [9.17, 15) is 5.11 Å². The zero-order chi connectivity index (χ0) is 9.26. The van der Waals surface area contributed by atoms with Crippen molar-refractivity contribution >= 4 is 16.7 Å². The number of anilines is 1. The van der Waals surface area contributed by atoms with Gasteiger partial charge in [-0.15, -0.1) is 0 Å². The summed E-state index contributed by atoms with van der Waals surface area (Å²) in [5, 5.41) is 13.3. The summed E-state index contributed by atoms with van der Waals surface area (Å²) in [5.74, 6) is 0.939. The van der Waals surface area contributed by atoms with E-state index >= 15 is 0 Å². The van der Waals surface area contributed by atoms with Gasteiger partial charge in [0.1, 0.15) is 11.3 Å². The van der Waals surface area contributed by atoms with Gasteiger partial charge in [-0.3, -0.25) is 4.98 Å². The summed E-state index contributed by atoms with van der Waals surface area (Å²) in [6.07, 6.45) is 1.70. The molecule has 0 amide bonds. The molecule has 0 unspecified atom stereocenters. The third kappa shape index (κ3) is 1.20. The zero-order valence-corrected chi connectivity index (χ0v) is 7.33. The minimum absolute atomic E-state index is 0.166. The Balaban J connectivity index is 2.63. The smallest absolute Gasteiger partial charge is 0.199 e. The van der Waals surface area contributed by atoms with Crippen molar-refractivity contribution in [2.75, 3.05) is 11.9 Å². The first-order valence-corrected chi connectivity index (χ1v) is 4.22. The lowest BCUT2D eigenvalue weighted by Gasteiger charge is -1.97. The van der Waals surface area contributed by atoms with Crippen molar-refractivity contribution in [3.05, 3.63) is 18.3 Å². The van der Waals surface area contributed by atoms with Crippen LogP contribution in [0.2, 0.25) is 0 Å². The molecule has 0 radical (unpaired) electrons. The quantitative estimate of drug-likeness (QED) is 0.654. The van der Waals surface area contributed by atoms with Gasteiger partial charge in [-0.2, -0.15) is 0 Å². The third-order valence-corrected chi connectivity index (χ3v) is 1.90. The van der Waals surface area contributed by atoms with E-state index in [1.807, 2.05) is 13.0 Å². The van der Waals surface area contributed by atoms with E-state index < -0.39 is 0 Å². The Labute approximate surface area is 75.6 Å². The van der Waals surface area contributed by atoms with E-state index in [-0.39, 0.29) is 5.88 Å². The molecular formula is C9H11N3O. The highest BCUT2D eigenvalue weighted by atomic mass is 16.3. The standard InChI is InChI=1S/C9H11N3O/c1-2-10-8-7-6(9(13)12-8)4-3-5-11-7/h3-5,10,12-13H,2H2,1H3. The molecule has 2 aromatic rings. The second-order valence-corrected chi connectivity index (χ2v) is 2.78. The highest BCUT2D eigenvalue weighted by molar-refractivity contribution is 5.93. The number of rotatable bonds is 2. The molecule has 4 heteroatoms. The number of hydrogen-bond acceptors (Lipinski definition) is 3. The first-order valence-electron chi connectivity index (χ1n) is 4.22. The van der Waals surface area contributed by atoms with E-state index in [0.29, 0.717) is 0 Å². The largest absolute Gasteiger partial charge is 0.494 e. The fourth-order valence-electron chi connectivity index (χ4n) is 1.35. The van der Waals surface area contributed by atoms with Crippen molar-refractivity contribution in [1.82, 2.24) is 9.97 Å². The number of pyridine rings is 1. The number of aromatic nitrogens is 2. The second kappa shape index (κ2) is 2.97. The lowest BCUT2D eigenvalue weighted by atomic mass is 10.3. The van der Waals surface area contributed by atoms with Gasteiger partial charge < -0.3 is 15.4 Å². The maximum absolute atomic E-state index is 9.48. The molecule has 0 saturated carbocycles. The van der Waals surface area contributed by atoms with Gasteiger partial charge in [-0.05, 0) is 19.1 Å². The highest BCUT2D eigenvalue weighted by Crippen LogP contribution is 2.28. The first kappa shape index (κ1) is 7.91. The lowest BCUT2D eigenvalue weighted by Crippen LogP contribution is -1.96. The van der Waals surface area contributed by atoms with Crippen molar-refractivity contribution < 1.29 is 5.11 Å². The molecule has 68 valence electrons. The van der Waals surface area contributed by atoms with Crippen LogP contribution in [0.5, 0.6) is 5.88 Å². The molecule has 2 heterocycles. The predicted molar refractivity (Wildman–Crippen MR) is 51.9 cm³/mol. The highest BCUT2D eigenvalue weighted by Gasteiger charge is 2.08. The second-order valence-electron chi connectivity index (χ2n) is 2.78. The predicted octanol–water partition coefficient (Wildman–Crippen LogP) is 1.70. The SMILES string of the molecule is CCNc1[nH]c(O)c2cccnc12. The molecule has 0 aliphatic carbocycles. The summed E-state index contributed by atoms with van der Waals surface area (Å²) < 4.78 is 0. The number of nitrogens with zero attached hydrogens (tertiary/aromatic N) is 1. The Morgan fingerprint density at radius 2 is 2.46 bits per heavy atom. The number of hydrogen-bond donors (Lipinski definition) is 3. The van der Waals surface area contributed by atoms with Crippen LogP contribution in [0.25, 0.3) is 10.9 Å². The molecule has 3 N–H and O–H groups in total. The van der Waals surface area contributed by atoms with E-state index in [1.165, 1.54) is 0 Å². The van der Waals surface area contributed by atoms with Gasteiger partial charge in [0, 0.05) is 12.7 Å². The molecule has 0 spiro atoms. The van der Waals surface area contributed by atoms with Gasteiger partial charge in [-0.1, -0.05) is 0 Å². The van der Waals surface area contributed by atoms with Gasteiger partial charge in [0.25, 0.3) is 0 Å². The maximum Gasteiger partial charge on any atom is 0.199 e. The van der Waals surface area contributed by atoms with Crippen LogP contribution in [-0.4, -0.2) is 21.6 Å². The average molecular weight is 177 g/mol. The molecule has 0 bridgehead atoms. The van der Waals surface area contributed by atoms with Crippen LogP contribution >= 0.6 is 0 Å². The molecular weight excluding hydrogens is 166 g/mol. The van der Waals surface area contributed by atoms with Crippen molar-refractivity contribution in [3.8, 4) is 5.88 Å². The van der Waals surface area contributed by atoms with Crippen LogP contribution in [0.1, 0.15) is 6.92 Å². The van der Waals surface area contributed by atoms with Crippen LogP contribution < -0.4 is 5.32 Å².